The molecule has 3 rings (SSSR count). The molecule has 1 saturated carbocycles. The van der Waals surface area contributed by atoms with E-state index < -0.39 is 0 Å². The van der Waals surface area contributed by atoms with E-state index in [1.165, 1.54) is 0 Å². The third-order valence-corrected chi connectivity index (χ3v) is 3.43. The normalized spacial score (nSPS) is 24.4. The number of ether oxygens (including phenoxy) is 1. The highest BCUT2D eigenvalue weighted by molar-refractivity contribution is 5.74. The minimum atomic E-state index is 0.296. The van der Waals surface area contributed by atoms with Crippen LogP contribution in [0, 0.1) is 0 Å². The number of rotatable bonds is 2. The maximum atomic E-state index is 5.91. The molecule has 2 aromatic rings. The first-order chi connectivity index (χ1) is 8.26. The third-order valence-electron chi connectivity index (χ3n) is 3.43. The highest BCUT2D eigenvalue weighted by atomic mass is 16.5. The summed E-state index contributed by atoms with van der Waals surface area (Å²) < 4.78 is 10.9. The Kier molecular flexibility index (Phi) is 2.52. The standard InChI is InChI=1S/C13H16N2O2/c1-16-10-4-5-12-11(7-10)15-13(17-12)8-2-3-9(14)6-8/h4-5,7-9H,2-3,6,14H2,1H3. The van der Waals surface area contributed by atoms with Gasteiger partial charge in [0.05, 0.1) is 7.11 Å². The van der Waals surface area contributed by atoms with Crippen LogP contribution < -0.4 is 10.5 Å². The zero-order chi connectivity index (χ0) is 11.8. The van der Waals surface area contributed by atoms with Crippen LogP contribution in [0.15, 0.2) is 22.6 Å². The third kappa shape index (κ3) is 1.89. The molecule has 0 spiro atoms. The van der Waals surface area contributed by atoms with Crippen molar-refractivity contribution in [2.45, 2.75) is 31.2 Å². The number of fused-ring (bicyclic) bond motifs is 1. The lowest BCUT2D eigenvalue weighted by atomic mass is 10.1. The monoisotopic (exact) mass is 232 g/mol. The number of nitrogens with zero attached hydrogens (tertiary/aromatic N) is 1. The Balaban J connectivity index is 1.96. The highest BCUT2D eigenvalue weighted by Gasteiger charge is 2.27. The molecule has 1 aromatic carbocycles. The van der Waals surface area contributed by atoms with E-state index in [9.17, 15) is 0 Å². The first-order valence-corrected chi connectivity index (χ1v) is 5.96. The number of hydrogen-bond donors (Lipinski definition) is 1. The van der Waals surface area contributed by atoms with Gasteiger partial charge in [-0.3, -0.25) is 0 Å². The lowest BCUT2D eigenvalue weighted by Gasteiger charge is -2.02. The van der Waals surface area contributed by atoms with Gasteiger partial charge in [0.1, 0.15) is 11.3 Å². The molecule has 90 valence electrons. The fraction of sp³-hybridized carbons (Fsp3) is 0.462. The van der Waals surface area contributed by atoms with Crippen molar-refractivity contribution >= 4 is 11.1 Å². The lowest BCUT2D eigenvalue weighted by molar-refractivity contribution is 0.415. The van der Waals surface area contributed by atoms with Crippen LogP contribution in [0.4, 0.5) is 0 Å². The van der Waals surface area contributed by atoms with Gasteiger partial charge in [0.15, 0.2) is 11.5 Å². The second-order valence-electron chi connectivity index (χ2n) is 4.66. The van der Waals surface area contributed by atoms with Gasteiger partial charge >= 0.3 is 0 Å². The Bertz CT molecular complexity index is 535. The molecule has 0 aliphatic heterocycles. The zero-order valence-electron chi connectivity index (χ0n) is 9.85. The smallest absolute Gasteiger partial charge is 0.198 e. The zero-order valence-corrected chi connectivity index (χ0v) is 9.85. The highest BCUT2D eigenvalue weighted by Crippen LogP contribution is 2.35. The summed E-state index contributed by atoms with van der Waals surface area (Å²) in [5, 5.41) is 0. The van der Waals surface area contributed by atoms with Gasteiger partial charge in [0.2, 0.25) is 0 Å². The van der Waals surface area contributed by atoms with Crippen molar-refractivity contribution in [1.29, 1.82) is 0 Å². The van der Waals surface area contributed by atoms with Crippen molar-refractivity contribution in [3.8, 4) is 5.75 Å². The van der Waals surface area contributed by atoms with Crippen LogP contribution in [0.2, 0.25) is 0 Å². The molecule has 4 heteroatoms. The number of methoxy groups -OCH3 is 1. The summed E-state index contributed by atoms with van der Waals surface area (Å²) in [5.41, 5.74) is 7.59. The molecular formula is C13H16N2O2. The predicted molar refractivity (Wildman–Crippen MR) is 65.1 cm³/mol. The Morgan fingerprint density at radius 1 is 1.41 bits per heavy atom. The van der Waals surface area contributed by atoms with Crippen molar-refractivity contribution in [1.82, 2.24) is 4.98 Å². The van der Waals surface area contributed by atoms with Crippen LogP contribution in [0.3, 0.4) is 0 Å². The van der Waals surface area contributed by atoms with E-state index in [4.69, 9.17) is 14.9 Å². The molecule has 4 nitrogen and oxygen atoms in total. The summed E-state index contributed by atoms with van der Waals surface area (Å²) in [7, 11) is 1.65. The Labute approximate surface area is 99.8 Å². The molecule has 0 bridgehead atoms. The van der Waals surface area contributed by atoms with E-state index in [2.05, 4.69) is 4.98 Å². The number of nitrogens with two attached hydrogens (primary N) is 1. The minimum Gasteiger partial charge on any atom is -0.497 e. The van der Waals surface area contributed by atoms with E-state index >= 15 is 0 Å². The molecule has 2 atom stereocenters. The largest absolute Gasteiger partial charge is 0.497 e. The summed E-state index contributed by atoms with van der Waals surface area (Å²) in [4.78, 5) is 4.54. The molecule has 1 aliphatic carbocycles. The molecule has 2 unspecified atom stereocenters. The predicted octanol–water partition coefficient (Wildman–Crippen LogP) is 2.43. The fourth-order valence-electron chi connectivity index (χ4n) is 2.47. The van der Waals surface area contributed by atoms with Gasteiger partial charge in [-0.2, -0.15) is 0 Å². The van der Waals surface area contributed by atoms with Crippen LogP contribution >= 0.6 is 0 Å². The summed E-state index contributed by atoms with van der Waals surface area (Å²) in [6, 6.07) is 5.98. The fourth-order valence-corrected chi connectivity index (χ4v) is 2.47. The second kappa shape index (κ2) is 4.04. The molecule has 0 radical (unpaired) electrons. The first-order valence-electron chi connectivity index (χ1n) is 5.96. The number of oxazole rings is 1. The molecular weight excluding hydrogens is 216 g/mol. The van der Waals surface area contributed by atoms with Gasteiger partial charge in [0.25, 0.3) is 0 Å². The van der Waals surface area contributed by atoms with Gasteiger partial charge < -0.3 is 14.9 Å². The SMILES string of the molecule is COc1ccc2oc(C3CCC(N)C3)nc2c1. The van der Waals surface area contributed by atoms with Gasteiger partial charge in [-0.25, -0.2) is 4.98 Å². The average molecular weight is 232 g/mol. The first kappa shape index (κ1) is 10.6. The lowest BCUT2D eigenvalue weighted by Crippen LogP contribution is -2.14. The van der Waals surface area contributed by atoms with Crippen LogP contribution in [-0.4, -0.2) is 18.1 Å². The van der Waals surface area contributed by atoms with Crippen molar-refractivity contribution in [3.63, 3.8) is 0 Å². The van der Waals surface area contributed by atoms with Crippen molar-refractivity contribution in [3.05, 3.63) is 24.1 Å². The van der Waals surface area contributed by atoms with E-state index in [-0.39, 0.29) is 0 Å². The molecule has 2 N–H and O–H groups in total. The Morgan fingerprint density at radius 2 is 2.29 bits per heavy atom. The minimum absolute atomic E-state index is 0.296. The van der Waals surface area contributed by atoms with Gasteiger partial charge in [-0.1, -0.05) is 0 Å². The number of aromatic nitrogens is 1. The molecule has 1 heterocycles. The quantitative estimate of drug-likeness (QED) is 0.863. The molecule has 1 fully saturated rings. The van der Waals surface area contributed by atoms with Crippen LogP contribution in [0.25, 0.3) is 11.1 Å². The molecule has 0 amide bonds. The molecule has 1 aromatic heterocycles. The maximum Gasteiger partial charge on any atom is 0.198 e. The summed E-state index contributed by atoms with van der Waals surface area (Å²) in [6.07, 6.45) is 3.11. The Hall–Kier alpha value is -1.55. The second-order valence-corrected chi connectivity index (χ2v) is 4.66. The topological polar surface area (TPSA) is 61.3 Å². The number of hydrogen-bond acceptors (Lipinski definition) is 4. The molecule has 17 heavy (non-hydrogen) atoms. The molecule has 1 aliphatic rings. The summed E-state index contributed by atoms with van der Waals surface area (Å²) in [6.45, 7) is 0. The van der Waals surface area contributed by atoms with Crippen LogP contribution in [0.5, 0.6) is 5.75 Å². The van der Waals surface area contributed by atoms with E-state index in [1.54, 1.807) is 7.11 Å². The average Bonchev–Trinajstić information content (AvgIpc) is 2.93. The van der Waals surface area contributed by atoms with E-state index in [1.807, 2.05) is 18.2 Å². The summed E-state index contributed by atoms with van der Waals surface area (Å²) in [5.74, 6) is 2.00. The Morgan fingerprint density at radius 3 is 3.00 bits per heavy atom. The maximum absolute atomic E-state index is 5.91. The van der Waals surface area contributed by atoms with Crippen molar-refractivity contribution in [2.75, 3.05) is 7.11 Å². The van der Waals surface area contributed by atoms with Gasteiger partial charge in [0, 0.05) is 18.0 Å². The van der Waals surface area contributed by atoms with Crippen LogP contribution in [0.1, 0.15) is 31.1 Å². The number of benzene rings is 1. The summed E-state index contributed by atoms with van der Waals surface area (Å²) >= 11 is 0. The molecule has 0 saturated heterocycles. The van der Waals surface area contributed by atoms with E-state index in [0.29, 0.717) is 12.0 Å². The van der Waals surface area contributed by atoms with Crippen LogP contribution in [-0.2, 0) is 0 Å². The van der Waals surface area contributed by atoms with Crippen molar-refractivity contribution in [2.24, 2.45) is 5.73 Å². The van der Waals surface area contributed by atoms with E-state index in [0.717, 1.165) is 42.0 Å². The van der Waals surface area contributed by atoms with Gasteiger partial charge in [-0.15, -0.1) is 0 Å². The van der Waals surface area contributed by atoms with Gasteiger partial charge in [-0.05, 0) is 31.4 Å². The van der Waals surface area contributed by atoms with Crippen molar-refractivity contribution < 1.29 is 9.15 Å².